The molecule has 0 radical (unpaired) electrons. The summed E-state index contributed by atoms with van der Waals surface area (Å²) in [5.41, 5.74) is 12.9. The predicted molar refractivity (Wildman–Crippen MR) is 166 cm³/mol. The zero-order valence-electron chi connectivity index (χ0n) is 24.7. The molecule has 0 N–H and O–H groups in total. The quantitative estimate of drug-likeness (QED) is 0.214. The molecule has 2 heterocycles. The van der Waals surface area contributed by atoms with E-state index in [9.17, 15) is 0 Å². The molecule has 0 atom stereocenters. The van der Waals surface area contributed by atoms with E-state index in [0.29, 0.717) is 0 Å². The summed E-state index contributed by atoms with van der Waals surface area (Å²) in [5.74, 6) is 0. The summed E-state index contributed by atoms with van der Waals surface area (Å²) in [6.45, 7) is 17.2. The Morgan fingerprint density at radius 3 is 1.95 bits per heavy atom. The van der Waals surface area contributed by atoms with Crippen LogP contribution in [0.1, 0.15) is 55.5 Å². The number of aryl methyl sites for hydroxylation is 4. The van der Waals surface area contributed by atoms with Crippen LogP contribution in [0.3, 0.4) is 0 Å². The van der Waals surface area contributed by atoms with Gasteiger partial charge in [-0.25, -0.2) is 0 Å². The normalized spacial score (nSPS) is 11.1. The molecular formula is C37H41N2+. The first kappa shape index (κ1) is 28.0. The molecule has 0 aliphatic rings. The minimum atomic E-state index is -0.336. The zero-order valence-corrected chi connectivity index (χ0v) is 24.7. The lowest BCUT2D eigenvalue weighted by Crippen LogP contribution is -2.54. The van der Waals surface area contributed by atoms with Gasteiger partial charge in [-0.15, -0.1) is 0 Å². The van der Waals surface area contributed by atoms with Crippen LogP contribution in [-0.4, -0.2) is 4.98 Å². The van der Waals surface area contributed by atoms with Gasteiger partial charge < -0.3 is 0 Å². The van der Waals surface area contributed by atoms with Gasteiger partial charge in [0.15, 0.2) is 11.7 Å². The second-order valence-corrected chi connectivity index (χ2v) is 10.7. The van der Waals surface area contributed by atoms with Crippen LogP contribution in [-0.2, 0) is 5.54 Å². The predicted octanol–water partition coefficient (Wildman–Crippen LogP) is 9.41. The van der Waals surface area contributed by atoms with Gasteiger partial charge in [-0.05, 0) is 68.1 Å². The van der Waals surface area contributed by atoms with Crippen molar-refractivity contribution < 1.29 is 4.57 Å². The number of hydrogen-bond acceptors (Lipinski definition) is 1. The van der Waals surface area contributed by atoms with E-state index >= 15 is 0 Å². The van der Waals surface area contributed by atoms with Crippen LogP contribution >= 0.6 is 0 Å². The Balaban J connectivity index is 0.00000172. The molecule has 3 aromatic carbocycles. The molecule has 0 aliphatic heterocycles. The van der Waals surface area contributed by atoms with Gasteiger partial charge in [0.2, 0.25) is 5.69 Å². The van der Waals surface area contributed by atoms with Crippen LogP contribution in [0.15, 0.2) is 103 Å². The highest BCUT2D eigenvalue weighted by atomic mass is 15.0. The molecule has 0 fully saturated rings. The third kappa shape index (κ3) is 5.86. The van der Waals surface area contributed by atoms with E-state index in [1.807, 2.05) is 20.0 Å². The maximum absolute atomic E-state index is 4.79. The van der Waals surface area contributed by atoms with Crippen molar-refractivity contribution in [3.8, 4) is 33.6 Å². The summed E-state index contributed by atoms with van der Waals surface area (Å²) in [5, 5.41) is 0. The lowest BCUT2D eigenvalue weighted by molar-refractivity contribution is -0.737. The Bertz CT molecular complexity index is 1560. The van der Waals surface area contributed by atoms with E-state index in [1.165, 1.54) is 55.8 Å². The van der Waals surface area contributed by atoms with E-state index in [2.05, 4.69) is 143 Å². The molecule has 0 saturated carbocycles. The van der Waals surface area contributed by atoms with Crippen molar-refractivity contribution in [1.29, 1.82) is 0 Å². The SMILES string of the molecule is CC.Cc1ccc(-c2cc[n+](C(C)(C)c3cc(C)ccc3-c3ccc(C)cn3)c(-c3ccccc3C)c2)cc1. The maximum atomic E-state index is 4.79. The van der Waals surface area contributed by atoms with Crippen molar-refractivity contribution in [1.82, 2.24) is 4.98 Å². The fourth-order valence-corrected chi connectivity index (χ4v) is 5.13. The number of pyridine rings is 2. The molecule has 0 saturated heterocycles. The molecule has 0 amide bonds. The molecule has 2 aromatic heterocycles. The van der Waals surface area contributed by atoms with E-state index in [4.69, 9.17) is 4.98 Å². The lowest BCUT2D eigenvalue weighted by atomic mass is 9.85. The van der Waals surface area contributed by atoms with Crippen molar-refractivity contribution >= 4 is 0 Å². The first-order chi connectivity index (χ1) is 18.7. The summed E-state index contributed by atoms with van der Waals surface area (Å²) >= 11 is 0. The molecule has 39 heavy (non-hydrogen) atoms. The average Bonchev–Trinajstić information content (AvgIpc) is 2.95. The van der Waals surface area contributed by atoms with E-state index in [1.54, 1.807) is 0 Å². The highest BCUT2D eigenvalue weighted by Gasteiger charge is 2.37. The van der Waals surface area contributed by atoms with Crippen LogP contribution < -0.4 is 4.57 Å². The second kappa shape index (κ2) is 11.8. The molecular weight excluding hydrogens is 472 g/mol. The van der Waals surface area contributed by atoms with Crippen molar-refractivity contribution in [3.63, 3.8) is 0 Å². The van der Waals surface area contributed by atoms with Gasteiger partial charge in [0.05, 0.1) is 5.69 Å². The minimum absolute atomic E-state index is 0.336. The van der Waals surface area contributed by atoms with Crippen molar-refractivity contribution in [2.45, 2.75) is 60.9 Å². The first-order valence-electron chi connectivity index (χ1n) is 14.0. The molecule has 5 aromatic rings. The van der Waals surface area contributed by atoms with E-state index in [0.717, 1.165) is 5.69 Å². The molecule has 0 unspecified atom stereocenters. The minimum Gasteiger partial charge on any atom is -0.256 e. The summed E-state index contributed by atoms with van der Waals surface area (Å²) in [6, 6.07) is 33.0. The smallest absolute Gasteiger partial charge is 0.214 e. The largest absolute Gasteiger partial charge is 0.256 e. The first-order valence-corrected chi connectivity index (χ1v) is 14.0. The molecule has 2 nitrogen and oxygen atoms in total. The van der Waals surface area contributed by atoms with Gasteiger partial charge in [0.25, 0.3) is 0 Å². The van der Waals surface area contributed by atoms with Crippen LogP contribution in [0.25, 0.3) is 33.6 Å². The number of nitrogens with zero attached hydrogens (tertiary/aromatic N) is 2. The number of hydrogen-bond donors (Lipinski definition) is 0. The lowest BCUT2D eigenvalue weighted by Gasteiger charge is -2.26. The monoisotopic (exact) mass is 513 g/mol. The van der Waals surface area contributed by atoms with Gasteiger partial charge in [-0.1, -0.05) is 85.6 Å². The Hall–Kier alpha value is -4.04. The van der Waals surface area contributed by atoms with Crippen LogP contribution in [0.5, 0.6) is 0 Å². The third-order valence-electron chi connectivity index (χ3n) is 7.38. The van der Waals surface area contributed by atoms with Gasteiger partial charge in [-0.3, -0.25) is 4.98 Å². The molecule has 0 bridgehead atoms. The van der Waals surface area contributed by atoms with Gasteiger partial charge in [-0.2, -0.15) is 4.57 Å². The Kier molecular flexibility index (Phi) is 8.45. The third-order valence-corrected chi connectivity index (χ3v) is 7.38. The number of rotatable bonds is 5. The molecule has 0 spiro atoms. The van der Waals surface area contributed by atoms with Gasteiger partial charge in [0, 0.05) is 48.9 Å². The van der Waals surface area contributed by atoms with Crippen LogP contribution in [0, 0.1) is 27.7 Å². The Morgan fingerprint density at radius 1 is 0.615 bits per heavy atom. The highest BCUT2D eigenvalue weighted by Crippen LogP contribution is 2.34. The van der Waals surface area contributed by atoms with Crippen molar-refractivity contribution in [2.75, 3.05) is 0 Å². The maximum Gasteiger partial charge on any atom is 0.214 e. The number of benzene rings is 3. The molecule has 5 rings (SSSR count). The Morgan fingerprint density at radius 2 is 1.28 bits per heavy atom. The Labute approximate surface area is 235 Å². The van der Waals surface area contributed by atoms with Crippen molar-refractivity contribution in [3.05, 3.63) is 131 Å². The summed E-state index contributed by atoms with van der Waals surface area (Å²) in [4.78, 5) is 4.79. The summed E-state index contributed by atoms with van der Waals surface area (Å²) < 4.78 is 2.43. The average molecular weight is 514 g/mol. The topological polar surface area (TPSA) is 16.8 Å². The van der Waals surface area contributed by atoms with Crippen molar-refractivity contribution in [2.24, 2.45) is 0 Å². The molecule has 198 valence electrons. The summed E-state index contributed by atoms with van der Waals surface area (Å²) in [7, 11) is 0. The molecule has 0 aliphatic carbocycles. The number of aromatic nitrogens is 2. The zero-order chi connectivity index (χ0) is 28.2. The van der Waals surface area contributed by atoms with Gasteiger partial charge >= 0.3 is 0 Å². The fourth-order valence-electron chi connectivity index (χ4n) is 5.13. The molecule has 2 heteroatoms. The summed E-state index contributed by atoms with van der Waals surface area (Å²) in [6.07, 6.45) is 4.21. The van der Waals surface area contributed by atoms with E-state index < -0.39 is 0 Å². The fraction of sp³-hybridized carbons (Fsp3) is 0.243. The van der Waals surface area contributed by atoms with Crippen LogP contribution in [0.4, 0.5) is 0 Å². The highest BCUT2D eigenvalue weighted by molar-refractivity contribution is 5.71. The van der Waals surface area contributed by atoms with Crippen LogP contribution in [0.2, 0.25) is 0 Å². The second-order valence-electron chi connectivity index (χ2n) is 10.7. The van der Waals surface area contributed by atoms with Gasteiger partial charge in [0.1, 0.15) is 0 Å². The van der Waals surface area contributed by atoms with E-state index in [-0.39, 0.29) is 5.54 Å². The standard InChI is InChI=1S/C35H35N2.C2H6/c1-24-11-15-28(16-12-24)29-19-20-37(34(22-29)30-10-8-7-9-27(30)4)35(5,6)32-21-25(2)13-17-31(32)33-18-14-26(3)23-36-33;1-2/h7-23H,1-6H3;1-2H3/q+1;.